The third-order valence-corrected chi connectivity index (χ3v) is 16.2. The van der Waals surface area contributed by atoms with Crippen molar-refractivity contribution in [3.05, 3.63) is 314 Å². The first kappa shape index (κ1) is 52.1. The Bertz CT molecular complexity index is 4660. The molecule has 13 aromatic rings. The van der Waals surface area contributed by atoms with E-state index < -0.39 is 0 Å². The summed E-state index contributed by atoms with van der Waals surface area (Å²) in [6.07, 6.45) is 0. The third-order valence-electron chi connectivity index (χ3n) is 16.2. The predicted molar refractivity (Wildman–Crippen MR) is 354 cm³/mol. The molecule has 2 aliphatic rings. The van der Waals surface area contributed by atoms with E-state index in [1.54, 1.807) is 6.07 Å². The topological polar surface area (TPSA) is 104 Å². The van der Waals surface area contributed by atoms with Gasteiger partial charge in [0, 0.05) is 28.1 Å². The fourth-order valence-corrected chi connectivity index (χ4v) is 12.3. The summed E-state index contributed by atoms with van der Waals surface area (Å²) in [6.45, 7) is 8.31. The minimum atomic E-state index is 0.399. The lowest BCUT2D eigenvalue weighted by Crippen LogP contribution is -2.24. The maximum absolute atomic E-state index is 10.6. The minimum absolute atomic E-state index is 0.399. The van der Waals surface area contributed by atoms with Gasteiger partial charge in [0.05, 0.1) is 86.7 Å². The number of fused-ring (bicyclic) bond motifs is 4. The first-order chi connectivity index (χ1) is 43.5. The van der Waals surface area contributed by atoms with Gasteiger partial charge in [-0.15, -0.1) is 0 Å². The average Bonchev–Trinajstić information content (AvgIpc) is 0.982. The molecule has 1 aromatic heterocycles. The summed E-state index contributed by atoms with van der Waals surface area (Å²) in [5.41, 5.74) is 19.9. The zero-order valence-corrected chi connectivity index (χ0v) is 47.2. The zero-order chi connectivity index (χ0) is 59.1. The van der Waals surface area contributed by atoms with E-state index in [2.05, 4.69) is 219 Å². The number of hydrogen-bond acceptors (Lipinski definition) is 9. The Balaban J connectivity index is 1.02. The van der Waals surface area contributed by atoms with Crippen molar-refractivity contribution < 1.29 is 0 Å². The van der Waals surface area contributed by atoms with Crippen LogP contribution in [0.1, 0.15) is 11.1 Å². The Morgan fingerprint density at radius 1 is 0.284 bits per heavy atom. The first-order valence-electron chi connectivity index (χ1n) is 28.8. The van der Waals surface area contributed by atoms with Gasteiger partial charge >= 0.3 is 0 Å². The van der Waals surface area contributed by atoms with Crippen LogP contribution in [0.15, 0.2) is 291 Å². The van der Waals surface area contributed by atoms with Crippen molar-refractivity contribution in [3.8, 4) is 79.7 Å². The molecule has 0 unspecified atom stereocenters. The van der Waals surface area contributed by atoms with Crippen LogP contribution in [-0.4, -0.2) is 15.0 Å². The number of hydrogen-bond donors (Lipinski definition) is 0. The van der Waals surface area contributed by atoms with E-state index in [1.165, 1.54) is 0 Å². The van der Waals surface area contributed by atoms with Crippen LogP contribution in [0.5, 0.6) is 0 Å². The lowest BCUT2D eigenvalue weighted by molar-refractivity contribution is 1.07. The monoisotopic (exact) mass is 1120 g/mol. The molecule has 0 aliphatic carbocycles. The van der Waals surface area contributed by atoms with Gasteiger partial charge in [-0.3, -0.25) is 0 Å². The highest BCUT2D eigenvalue weighted by molar-refractivity contribution is 6.06. The number of rotatable bonds is 10. The molecule has 0 N–H and O–H groups in total. The van der Waals surface area contributed by atoms with Gasteiger partial charge in [-0.25, -0.2) is 19.8 Å². The highest BCUT2D eigenvalue weighted by Gasteiger charge is 2.35. The van der Waals surface area contributed by atoms with E-state index in [9.17, 15) is 10.5 Å². The normalized spacial score (nSPS) is 12.0. The van der Waals surface area contributed by atoms with Gasteiger partial charge < -0.3 is 19.6 Å². The van der Waals surface area contributed by atoms with Crippen molar-refractivity contribution in [3.63, 3.8) is 0 Å². The van der Waals surface area contributed by atoms with Crippen molar-refractivity contribution in [2.45, 2.75) is 0 Å². The number of aromatic nitrogens is 3. The molecule has 0 saturated carbocycles. The summed E-state index contributed by atoms with van der Waals surface area (Å²) >= 11 is 0. The van der Waals surface area contributed by atoms with Crippen LogP contribution in [0.2, 0.25) is 0 Å². The van der Waals surface area contributed by atoms with Crippen molar-refractivity contribution in [2.75, 3.05) is 19.6 Å². The number of nitriles is 2. The number of nitrogens with zero attached hydrogens (tertiary/aromatic N) is 10. The zero-order valence-electron chi connectivity index (χ0n) is 47.2. The van der Waals surface area contributed by atoms with E-state index in [1.807, 2.05) is 103 Å². The molecule has 10 nitrogen and oxygen atoms in total. The Labute approximate surface area is 509 Å². The van der Waals surface area contributed by atoms with Crippen LogP contribution >= 0.6 is 0 Å². The molecule has 0 atom stereocenters. The fraction of sp³-hybridized carbons (Fsp3) is 0. The first-order valence-corrected chi connectivity index (χ1v) is 28.8. The molecule has 0 saturated heterocycles. The molecule has 0 fully saturated rings. The Hall–Kier alpha value is -12.7. The van der Waals surface area contributed by atoms with Gasteiger partial charge in [-0.05, 0) is 155 Å². The Morgan fingerprint density at radius 3 is 1.17 bits per heavy atom. The van der Waals surface area contributed by atoms with E-state index in [-0.39, 0.29) is 0 Å². The van der Waals surface area contributed by atoms with Gasteiger partial charge in [0.2, 0.25) is 0 Å². The molecule has 3 heterocycles. The molecule has 0 radical (unpaired) electrons. The van der Waals surface area contributed by atoms with Crippen LogP contribution in [0, 0.1) is 29.2 Å². The highest BCUT2D eigenvalue weighted by atomic mass is 15.3. The second-order valence-corrected chi connectivity index (χ2v) is 21.3. The fourth-order valence-electron chi connectivity index (χ4n) is 12.3. The van der Waals surface area contributed by atoms with Gasteiger partial charge in [-0.1, -0.05) is 170 Å². The van der Waals surface area contributed by atoms with Crippen molar-refractivity contribution in [1.29, 1.82) is 10.5 Å². The third kappa shape index (κ3) is 9.10. The summed E-state index contributed by atoms with van der Waals surface area (Å²) in [7, 11) is 0. The molecule has 88 heavy (non-hydrogen) atoms. The highest BCUT2D eigenvalue weighted by Crippen LogP contribution is 2.58. The lowest BCUT2D eigenvalue weighted by atomic mass is 9.96. The Kier molecular flexibility index (Phi) is 13.1. The number of anilines is 12. The molecular formula is C78H48N10. The standard InChI is InChI=1S/C78H48N10/c1-81-65-33-11-10-32-62(65)56-43-45-64(75(49-56)88-72-40-18-14-36-68(72)86(60-29-6-3-7-30-60)69-37-15-19-41-73(69)88)78-83-76(57-26-21-25-54(47-57)53-24-20-22-52(46-53)50-79)82-77(84-78)63-44-42-55(61-31-9-8-23-58(61)51-80)48-74(63)87-70-38-16-12-34-66(70)85(59-27-4-2-5-28-59)67-35-13-17-39-71(67)87/h2-49H. The summed E-state index contributed by atoms with van der Waals surface area (Å²) < 4.78 is 0. The van der Waals surface area contributed by atoms with E-state index in [4.69, 9.17) is 21.5 Å². The molecular weight excluding hydrogens is 1080 g/mol. The van der Waals surface area contributed by atoms with Crippen molar-refractivity contribution in [1.82, 2.24) is 15.0 Å². The van der Waals surface area contributed by atoms with Crippen LogP contribution in [-0.2, 0) is 0 Å². The maximum atomic E-state index is 10.6. The summed E-state index contributed by atoms with van der Waals surface area (Å²) in [6, 6.07) is 103. The SMILES string of the molecule is [C-]#[N+]c1ccccc1-c1ccc(-c2nc(-c3cccc(-c4cccc(C#N)c4)c3)nc(-c3ccc(-c4ccccc4C#N)cc3N3c4ccccc4N(c4ccccc4)c4ccccc43)n2)c(N2c3ccccc3N(c3ccccc3)c3ccccc32)c1. The van der Waals surface area contributed by atoms with Gasteiger partial charge in [-0.2, -0.15) is 10.5 Å². The minimum Gasteiger partial charge on any atom is -0.306 e. The van der Waals surface area contributed by atoms with E-state index >= 15 is 0 Å². The van der Waals surface area contributed by atoms with Crippen LogP contribution in [0.25, 0.3) is 72.4 Å². The van der Waals surface area contributed by atoms with Gasteiger partial charge in [0.25, 0.3) is 0 Å². The smallest absolute Gasteiger partial charge is 0.194 e. The largest absolute Gasteiger partial charge is 0.306 e. The van der Waals surface area contributed by atoms with Crippen LogP contribution in [0.3, 0.4) is 0 Å². The van der Waals surface area contributed by atoms with Crippen LogP contribution in [0.4, 0.5) is 73.9 Å². The molecule has 0 amide bonds. The maximum Gasteiger partial charge on any atom is 0.194 e. The molecule has 0 bridgehead atoms. The summed E-state index contributed by atoms with van der Waals surface area (Å²) in [5, 5.41) is 20.6. The van der Waals surface area contributed by atoms with Gasteiger partial charge in [0.15, 0.2) is 23.2 Å². The lowest BCUT2D eigenvalue weighted by Gasteiger charge is -2.41. The molecule has 0 spiro atoms. The summed E-state index contributed by atoms with van der Waals surface area (Å²) in [4.78, 5) is 30.0. The molecule has 2 aliphatic heterocycles. The molecule has 15 rings (SSSR count). The van der Waals surface area contributed by atoms with Gasteiger partial charge in [0.1, 0.15) is 0 Å². The van der Waals surface area contributed by atoms with Crippen molar-refractivity contribution >= 4 is 73.9 Å². The second kappa shape index (κ2) is 22.1. The molecule has 10 heteroatoms. The quantitative estimate of drug-likeness (QED) is 0.124. The second-order valence-electron chi connectivity index (χ2n) is 21.3. The Morgan fingerprint density at radius 2 is 0.682 bits per heavy atom. The van der Waals surface area contributed by atoms with E-state index in [0.717, 1.165) is 107 Å². The van der Waals surface area contributed by atoms with E-state index in [0.29, 0.717) is 45.4 Å². The average molecular weight is 1130 g/mol. The number of para-hydroxylation sites is 11. The molecule has 410 valence electrons. The number of benzene rings is 12. The predicted octanol–water partition coefficient (Wildman–Crippen LogP) is 20.7. The van der Waals surface area contributed by atoms with Crippen LogP contribution < -0.4 is 19.6 Å². The summed E-state index contributed by atoms with van der Waals surface area (Å²) in [5.74, 6) is 1.22. The molecule has 12 aromatic carbocycles. The van der Waals surface area contributed by atoms with Crippen molar-refractivity contribution in [2.24, 2.45) is 0 Å².